The first kappa shape index (κ1) is 15.1. The summed E-state index contributed by atoms with van der Waals surface area (Å²) in [5, 5.41) is 3.25. The topological polar surface area (TPSA) is 56.5 Å². The summed E-state index contributed by atoms with van der Waals surface area (Å²) in [7, 11) is 3.40. The van der Waals surface area contributed by atoms with Crippen LogP contribution in [0.15, 0.2) is 10.6 Å². The molecule has 0 saturated heterocycles. The van der Waals surface area contributed by atoms with E-state index in [4.69, 9.17) is 13.9 Å². The van der Waals surface area contributed by atoms with Gasteiger partial charge in [-0.05, 0) is 13.8 Å². The summed E-state index contributed by atoms with van der Waals surface area (Å²) in [6.45, 7) is 6.47. The van der Waals surface area contributed by atoms with Crippen molar-refractivity contribution in [3.8, 4) is 0 Å². The standard InChI is InChI=1S/C13H24N2O3/c1-13(2,17-4)9-11-10-15-12(18-11)5-6-14-7-8-16-3/h10,14H,5-9H2,1-4H3. The zero-order valence-electron chi connectivity index (χ0n) is 11.8. The Morgan fingerprint density at radius 1 is 1.33 bits per heavy atom. The molecule has 0 saturated carbocycles. The Morgan fingerprint density at radius 3 is 2.78 bits per heavy atom. The summed E-state index contributed by atoms with van der Waals surface area (Å²) in [5.41, 5.74) is -0.215. The second-order valence-electron chi connectivity index (χ2n) is 4.85. The van der Waals surface area contributed by atoms with Gasteiger partial charge in [-0.2, -0.15) is 0 Å². The van der Waals surface area contributed by atoms with Crippen molar-refractivity contribution in [1.29, 1.82) is 0 Å². The number of aromatic nitrogens is 1. The lowest BCUT2D eigenvalue weighted by Crippen LogP contribution is -2.25. The highest BCUT2D eigenvalue weighted by atomic mass is 16.5. The van der Waals surface area contributed by atoms with Gasteiger partial charge in [0.15, 0.2) is 5.89 Å². The average Bonchev–Trinajstić information content (AvgIpc) is 2.76. The minimum atomic E-state index is -0.215. The van der Waals surface area contributed by atoms with Crippen LogP contribution < -0.4 is 5.32 Å². The van der Waals surface area contributed by atoms with Crippen molar-refractivity contribution in [2.75, 3.05) is 33.9 Å². The molecule has 104 valence electrons. The lowest BCUT2D eigenvalue weighted by atomic mass is 10.0. The number of ether oxygens (including phenoxy) is 2. The van der Waals surface area contributed by atoms with E-state index in [1.807, 2.05) is 13.8 Å². The molecule has 0 bridgehead atoms. The molecular weight excluding hydrogens is 232 g/mol. The van der Waals surface area contributed by atoms with Gasteiger partial charge in [-0.3, -0.25) is 0 Å². The number of methoxy groups -OCH3 is 2. The molecule has 0 atom stereocenters. The molecule has 1 heterocycles. The van der Waals surface area contributed by atoms with Gasteiger partial charge in [-0.15, -0.1) is 0 Å². The Kier molecular flexibility index (Phi) is 6.32. The van der Waals surface area contributed by atoms with Crippen molar-refractivity contribution < 1.29 is 13.9 Å². The van der Waals surface area contributed by atoms with Crippen LogP contribution in [0.4, 0.5) is 0 Å². The predicted octanol–water partition coefficient (Wildman–Crippen LogP) is 1.42. The summed E-state index contributed by atoms with van der Waals surface area (Å²) < 4.78 is 16.0. The fourth-order valence-corrected chi connectivity index (χ4v) is 1.53. The largest absolute Gasteiger partial charge is 0.446 e. The number of rotatable bonds is 9. The van der Waals surface area contributed by atoms with Gasteiger partial charge in [0.1, 0.15) is 5.76 Å². The molecule has 1 N–H and O–H groups in total. The van der Waals surface area contributed by atoms with E-state index in [0.29, 0.717) is 0 Å². The van der Waals surface area contributed by atoms with Crippen molar-refractivity contribution in [2.45, 2.75) is 32.3 Å². The van der Waals surface area contributed by atoms with E-state index in [2.05, 4.69) is 10.3 Å². The third-order valence-electron chi connectivity index (χ3n) is 2.75. The molecule has 0 aliphatic carbocycles. The normalized spacial score (nSPS) is 12.0. The van der Waals surface area contributed by atoms with Gasteiger partial charge >= 0.3 is 0 Å². The van der Waals surface area contributed by atoms with Crippen LogP contribution in [0.5, 0.6) is 0 Å². The zero-order chi connectivity index (χ0) is 13.4. The van der Waals surface area contributed by atoms with E-state index in [9.17, 15) is 0 Å². The highest BCUT2D eigenvalue weighted by Gasteiger charge is 2.19. The van der Waals surface area contributed by atoms with E-state index in [-0.39, 0.29) is 5.60 Å². The minimum Gasteiger partial charge on any atom is -0.446 e. The molecule has 18 heavy (non-hydrogen) atoms. The van der Waals surface area contributed by atoms with Gasteiger partial charge in [0.25, 0.3) is 0 Å². The van der Waals surface area contributed by atoms with Crippen LogP contribution in [0.25, 0.3) is 0 Å². The molecule has 1 rings (SSSR count). The van der Waals surface area contributed by atoms with Crippen LogP contribution >= 0.6 is 0 Å². The molecule has 0 amide bonds. The van der Waals surface area contributed by atoms with Gasteiger partial charge in [-0.1, -0.05) is 0 Å². The number of hydrogen-bond acceptors (Lipinski definition) is 5. The Balaban J connectivity index is 2.30. The molecule has 0 fully saturated rings. The zero-order valence-corrected chi connectivity index (χ0v) is 11.8. The van der Waals surface area contributed by atoms with E-state index in [1.165, 1.54) is 0 Å². The Morgan fingerprint density at radius 2 is 2.11 bits per heavy atom. The molecule has 0 aromatic carbocycles. The summed E-state index contributed by atoms with van der Waals surface area (Å²) in [4.78, 5) is 4.26. The Hall–Kier alpha value is -0.910. The van der Waals surface area contributed by atoms with Crippen LogP contribution in [0.1, 0.15) is 25.5 Å². The van der Waals surface area contributed by atoms with Gasteiger partial charge in [0, 0.05) is 40.2 Å². The highest BCUT2D eigenvalue weighted by molar-refractivity contribution is 4.98. The SMILES string of the molecule is COCCNCCc1ncc(CC(C)(C)OC)o1. The Labute approximate surface area is 109 Å². The van der Waals surface area contributed by atoms with Gasteiger partial charge in [-0.25, -0.2) is 4.98 Å². The molecule has 5 nitrogen and oxygen atoms in total. The number of nitrogens with one attached hydrogen (secondary N) is 1. The van der Waals surface area contributed by atoms with Crippen LogP contribution in [0.3, 0.4) is 0 Å². The lowest BCUT2D eigenvalue weighted by molar-refractivity contribution is 0.0190. The van der Waals surface area contributed by atoms with E-state index >= 15 is 0 Å². The van der Waals surface area contributed by atoms with Crippen molar-refractivity contribution in [1.82, 2.24) is 10.3 Å². The molecule has 1 aromatic rings. The number of hydrogen-bond donors (Lipinski definition) is 1. The number of nitrogens with zero attached hydrogens (tertiary/aromatic N) is 1. The maximum atomic E-state index is 5.67. The van der Waals surface area contributed by atoms with Crippen molar-refractivity contribution in [3.05, 3.63) is 17.8 Å². The summed E-state index contributed by atoms with van der Waals surface area (Å²) in [5.74, 6) is 1.63. The Bertz CT molecular complexity index is 337. The van der Waals surface area contributed by atoms with Crippen molar-refractivity contribution in [2.24, 2.45) is 0 Å². The molecular formula is C13H24N2O3. The minimum absolute atomic E-state index is 0.215. The van der Waals surface area contributed by atoms with E-state index < -0.39 is 0 Å². The predicted molar refractivity (Wildman–Crippen MR) is 69.7 cm³/mol. The molecule has 5 heteroatoms. The summed E-state index contributed by atoms with van der Waals surface area (Å²) in [6, 6.07) is 0. The van der Waals surface area contributed by atoms with E-state index in [1.54, 1.807) is 20.4 Å². The maximum absolute atomic E-state index is 5.67. The maximum Gasteiger partial charge on any atom is 0.195 e. The van der Waals surface area contributed by atoms with Gasteiger partial charge < -0.3 is 19.2 Å². The van der Waals surface area contributed by atoms with Crippen LogP contribution in [-0.2, 0) is 22.3 Å². The second kappa shape index (κ2) is 7.51. The molecule has 1 aromatic heterocycles. The first-order chi connectivity index (χ1) is 8.57. The second-order valence-corrected chi connectivity index (χ2v) is 4.85. The van der Waals surface area contributed by atoms with Gasteiger partial charge in [0.05, 0.1) is 18.4 Å². The first-order valence-electron chi connectivity index (χ1n) is 6.26. The van der Waals surface area contributed by atoms with Crippen LogP contribution in [0.2, 0.25) is 0 Å². The molecule has 0 radical (unpaired) electrons. The average molecular weight is 256 g/mol. The quantitative estimate of drug-likeness (QED) is 0.677. The first-order valence-corrected chi connectivity index (χ1v) is 6.26. The summed E-state index contributed by atoms with van der Waals surface area (Å²) >= 11 is 0. The van der Waals surface area contributed by atoms with Crippen LogP contribution in [0, 0.1) is 0 Å². The van der Waals surface area contributed by atoms with E-state index in [0.717, 1.165) is 44.2 Å². The molecule has 0 aliphatic rings. The fourth-order valence-electron chi connectivity index (χ4n) is 1.53. The van der Waals surface area contributed by atoms with Crippen molar-refractivity contribution >= 4 is 0 Å². The van der Waals surface area contributed by atoms with Gasteiger partial charge in [0.2, 0.25) is 0 Å². The summed E-state index contributed by atoms with van der Waals surface area (Å²) in [6.07, 6.45) is 3.30. The fraction of sp³-hybridized carbons (Fsp3) is 0.769. The highest BCUT2D eigenvalue weighted by Crippen LogP contribution is 2.16. The lowest BCUT2D eigenvalue weighted by Gasteiger charge is -2.20. The molecule has 0 spiro atoms. The smallest absolute Gasteiger partial charge is 0.195 e. The van der Waals surface area contributed by atoms with Crippen molar-refractivity contribution in [3.63, 3.8) is 0 Å². The third kappa shape index (κ3) is 5.62. The molecule has 0 unspecified atom stereocenters. The monoisotopic (exact) mass is 256 g/mol. The third-order valence-corrected chi connectivity index (χ3v) is 2.75. The number of oxazole rings is 1. The van der Waals surface area contributed by atoms with Crippen LogP contribution in [-0.4, -0.2) is 44.5 Å². The molecule has 0 aliphatic heterocycles.